The molecule has 3 rings (SSSR count). The second kappa shape index (κ2) is 3.16. The molecule has 2 amide bonds. The number of carbonyl (C=O) groups excluding carboxylic acids is 2. The monoisotopic (exact) mass is 231 g/mol. The van der Waals surface area contributed by atoms with Crippen LogP contribution in [0.5, 0.6) is 0 Å². The molecule has 1 aliphatic carbocycles. The summed E-state index contributed by atoms with van der Waals surface area (Å²) in [7, 11) is 0. The van der Waals surface area contributed by atoms with Gasteiger partial charge in [0, 0.05) is 0 Å². The van der Waals surface area contributed by atoms with Gasteiger partial charge in [0.1, 0.15) is 0 Å². The molecule has 2 aliphatic rings. The molecule has 1 saturated heterocycles. The molecule has 2 atom stereocenters. The summed E-state index contributed by atoms with van der Waals surface area (Å²) < 4.78 is 0. The topological polar surface area (TPSA) is 74.7 Å². The Labute approximate surface area is 96.6 Å². The van der Waals surface area contributed by atoms with Gasteiger partial charge in [-0.1, -0.05) is 18.2 Å². The molecule has 17 heavy (non-hydrogen) atoms. The summed E-state index contributed by atoms with van der Waals surface area (Å²) in [4.78, 5) is 35.7. The standard InChI is InChI=1S/C12H9NO4/c14-10-7-8(9(7)12(16)17)11(15)13(10)6-4-2-1-3-5-6/h1-5,7-9H,(H,16,17). The summed E-state index contributed by atoms with van der Waals surface area (Å²) in [5, 5.41) is 8.83. The van der Waals surface area contributed by atoms with Crippen molar-refractivity contribution in [2.24, 2.45) is 17.8 Å². The highest BCUT2D eigenvalue weighted by atomic mass is 16.4. The lowest BCUT2D eigenvalue weighted by atomic mass is 10.2. The molecule has 2 unspecified atom stereocenters. The Kier molecular flexibility index (Phi) is 1.86. The zero-order valence-corrected chi connectivity index (χ0v) is 8.74. The first-order valence-electron chi connectivity index (χ1n) is 5.28. The van der Waals surface area contributed by atoms with Crippen LogP contribution in [0.15, 0.2) is 30.3 Å². The van der Waals surface area contributed by atoms with Crippen LogP contribution < -0.4 is 4.90 Å². The largest absolute Gasteiger partial charge is 0.481 e. The van der Waals surface area contributed by atoms with Gasteiger partial charge in [-0.2, -0.15) is 0 Å². The molecule has 0 bridgehead atoms. The summed E-state index contributed by atoms with van der Waals surface area (Å²) in [5.41, 5.74) is 0.513. The third-order valence-electron chi connectivity index (χ3n) is 3.33. The predicted molar refractivity (Wildman–Crippen MR) is 57.0 cm³/mol. The van der Waals surface area contributed by atoms with Crippen molar-refractivity contribution in [1.82, 2.24) is 0 Å². The lowest BCUT2D eigenvalue weighted by molar-refractivity contribution is -0.142. The molecule has 1 N–H and O–H groups in total. The van der Waals surface area contributed by atoms with Crippen LogP contribution in [0, 0.1) is 17.8 Å². The number of anilines is 1. The third-order valence-corrected chi connectivity index (χ3v) is 3.33. The summed E-state index contributed by atoms with van der Waals surface area (Å²) in [6.45, 7) is 0. The number of carbonyl (C=O) groups is 3. The van der Waals surface area contributed by atoms with E-state index in [1.807, 2.05) is 0 Å². The Morgan fingerprint density at radius 3 is 2.06 bits per heavy atom. The highest BCUT2D eigenvalue weighted by Crippen LogP contribution is 2.54. The minimum Gasteiger partial charge on any atom is -0.481 e. The van der Waals surface area contributed by atoms with Gasteiger partial charge in [0.15, 0.2) is 0 Å². The highest BCUT2D eigenvalue weighted by molar-refractivity contribution is 6.27. The fraction of sp³-hybridized carbons (Fsp3) is 0.250. The molecule has 0 radical (unpaired) electrons. The van der Waals surface area contributed by atoms with Gasteiger partial charge < -0.3 is 5.11 Å². The number of fused-ring (bicyclic) bond motifs is 1. The van der Waals surface area contributed by atoms with Crippen molar-refractivity contribution < 1.29 is 19.5 Å². The lowest BCUT2D eigenvalue weighted by Gasteiger charge is -2.17. The average molecular weight is 231 g/mol. The Morgan fingerprint density at radius 2 is 1.59 bits per heavy atom. The number of hydrogen-bond acceptors (Lipinski definition) is 3. The molecule has 1 saturated carbocycles. The van der Waals surface area contributed by atoms with Gasteiger partial charge in [-0.25, -0.2) is 0 Å². The Morgan fingerprint density at radius 1 is 1.06 bits per heavy atom. The smallest absolute Gasteiger partial charge is 0.308 e. The van der Waals surface area contributed by atoms with E-state index in [2.05, 4.69) is 0 Å². The molecule has 0 spiro atoms. The zero-order chi connectivity index (χ0) is 12.2. The zero-order valence-electron chi connectivity index (χ0n) is 8.74. The van der Waals surface area contributed by atoms with Crippen LogP contribution in [0.4, 0.5) is 5.69 Å². The fourth-order valence-corrected chi connectivity index (χ4v) is 2.47. The number of piperidine rings is 1. The fourth-order valence-electron chi connectivity index (χ4n) is 2.47. The number of aliphatic carboxylic acids is 1. The highest BCUT2D eigenvalue weighted by Gasteiger charge is 2.70. The first-order chi connectivity index (χ1) is 8.13. The molecular formula is C12H9NO4. The summed E-state index contributed by atoms with van der Waals surface area (Å²) in [6.07, 6.45) is 0. The quantitative estimate of drug-likeness (QED) is 0.752. The molecule has 5 heteroatoms. The van der Waals surface area contributed by atoms with Crippen molar-refractivity contribution in [3.63, 3.8) is 0 Å². The lowest BCUT2D eigenvalue weighted by Crippen LogP contribution is -2.35. The predicted octanol–water partition coefficient (Wildman–Crippen LogP) is 0.507. The van der Waals surface area contributed by atoms with E-state index in [0.29, 0.717) is 5.69 Å². The van der Waals surface area contributed by atoms with Crippen LogP contribution in [-0.2, 0) is 14.4 Å². The molecule has 1 aliphatic heterocycles. The molecule has 1 heterocycles. The Bertz CT molecular complexity index is 503. The number of nitrogens with zero attached hydrogens (tertiary/aromatic N) is 1. The van der Waals surface area contributed by atoms with Gasteiger partial charge in [0.05, 0.1) is 23.4 Å². The van der Waals surface area contributed by atoms with Crippen molar-refractivity contribution in [3.8, 4) is 0 Å². The summed E-state index contributed by atoms with van der Waals surface area (Å²) in [6, 6.07) is 8.57. The number of rotatable bonds is 2. The molecular weight excluding hydrogens is 222 g/mol. The van der Waals surface area contributed by atoms with Gasteiger partial charge in [-0.3, -0.25) is 19.3 Å². The van der Waals surface area contributed by atoms with Crippen molar-refractivity contribution in [2.45, 2.75) is 0 Å². The van der Waals surface area contributed by atoms with E-state index in [1.54, 1.807) is 30.3 Å². The summed E-state index contributed by atoms with van der Waals surface area (Å²) >= 11 is 0. The first-order valence-corrected chi connectivity index (χ1v) is 5.28. The maximum Gasteiger partial charge on any atom is 0.308 e. The van der Waals surface area contributed by atoms with Crippen molar-refractivity contribution >= 4 is 23.5 Å². The van der Waals surface area contributed by atoms with Crippen LogP contribution >= 0.6 is 0 Å². The third kappa shape index (κ3) is 1.22. The maximum absolute atomic E-state index is 11.9. The molecule has 1 aromatic carbocycles. The number of carboxylic acids is 1. The number of para-hydroxylation sites is 1. The van der Waals surface area contributed by atoms with Gasteiger partial charge in [-0.15, -0.1) is 0 Å². The number of carboxylic acid groups (broad SMARTS) is 1. The second-order valence-electron chi connectivity index (χ2n) is 4.26. The van der Waals surface area contributed by atoms with Crippen LogP contribution in [0.25, 0.3) is 0 Å². The summed E-state index contributed by atoms with van der Waals surface area (Å²) in [5.74, 6) is -3.96. The molecule has 5 nitrogen and oxygen atoms in total. The Balaban J connectivity index is 1.92. The van der Waals surface area contributed by atoms with Crippen molar-refractivity contribution in [3.05, 3.63) is 30.3 Å². The number of amides is 2. The van der Waals surface area contributed by atoms with E-state index in [9.17, 15) is 14.4 Å². The minimum atomic E-state index is -1.06. The van der Waals surface area contributed by atoms with E-state index < -0.39 is 35.5 Å². The Hall–Kier alpha value is -2.17. The van der Waals surface area contributed by atoms with Crippen molar-refractivity contribution in [2.75, 3.05) is 4.90 Å². The number of hydrogen-bond donors (Lipinski definition) is 1. The van der Waals surface area contributed by atoms with Crippen LogP contribution in [0.1, 0.15) is 0 Å². The van der Waals surface area contributed by atoms with E-state index >= 15 is 0 Å². The van der Waals surface area contributed by atoms with Crippen LogP contribution in [-0.4, -0.2) is 22.9 Å². The van der Waals surface area contributed by atoms with E-state index in [4.69, 9.17) is 5.11 Å². The van der Waals surface area contributed by atoms with Crippen LogP contribution in [0.3, 0.4) is 0 Å². The molecule has 2 fully saturated rings. The van der Waals surface area contributed by atoms with E-state index in [1.165, 1.54) is 0 Å². The molecule has 0 aromatic heterocycles. The molecule has 86 valence electrons. The average Bonchev–Trinajstić information content (AvgIpc) is 3.00. The molecule has 1 aromatic rings. The van der Waals surface area contributed by atoms with Gasteiger partial charge in [0.2, 0.25) is 11.8 Å². The van der Waals surface area contributed by atoms with E-state index in [0.717, 1.165) is 4.90 Å². The van der Waals surface area contributed by atoms with E-state index in [-0.39, 0.29) is 0 Å². The van der Waals surface area contributed by atoms with Gasteiger partial charge >= 0.3 is 5.97 Å². The number of benzene rings is 1. The van der Waals surface area contributed by atoms with Crippen molar-refractivity contribution in [1.29, 1.82) is 0 Å². The maximum atomic E-state index is 11.9. The first kappa shape index (κ1) is 10.0. The normalized spacial score (nSPS) is 30.4. The number of imide groups is 1. The van der Waals surface area contributed by atoms with Crippen LogP contribution in [0.2, 0.25) is 0 Å². The van der Waals surface area contributed by atoms with Gasteiger partial charge in [-0.05, 0) is 12.1 Å². The van der Waals surface area contributed by atoms with Gasteiger partial charge in [0.25, 0.3) is 0 Å². The second-order valence-corrected chi connectivity index (χ2v) is 4.26. The SMILES string of the molecule is O=C(O)C1C2C(=O)N(c3ccccc3)C(=O)C12. The minimum absolute atomic E-state index is 0.390.